The summed E-state index contributed by atoms with van der Waals surface area (Å²) in [6, 6.07) is 16.6. The van der Waals surface area contributed by atoms with E-state index < -0.39 is 23.8 Å². The average molecular weight is 779 g/mol. The Balaban J connectivity index is 0.866. The molecule has 4 heterocycles. The van der Waals surface area contributed by atoms with E-state index in [2.05, 4.69) is 20.9 Å². The van der Waals surface area contributed by atoms with Crippen molar-refractivity contribution in [1.29, 1.82) is 0 Å². The summed E-state index contributed by atoms with van der Waals surface area (Å²) in [4.78, 5) is 88.8. The van der Waals surface area contributed by atoms with Gasteiger partial charge in [-0.25, -0.2) is 14.8 Å². The Morgan fingerprint density at radius 2 is 1.65 bits per heavy atom. The summed E-state index contributed by atoms with van der Waals surface area (Å²) in [6.07, 6.45) is 3.96. The van der Waals surface area contributed by atoms with Crippen molar-refractivity contribution >= 4 is 58.4 Å². The molecule has 1 saturated heterocycles. The van der Waals surface area contributed by atoms with E-state index in [1.807, 2.05) is 30.1 Å². The maximum absolute atomic E-state index is 13.3. The number of aromatic nitrogens is 2. The molecule has 4 aromatic rings. The number of fused-ring (bicyclic) bond motifs is 3. The quantitative estimate of drug-likeness (QED) is 0.100. The van der Waals surface area contributed by atoms with Crippen LogP contribution in [0.2, 0.25) is 0 Å². The van der Waals surface area contributed by atoms with Crippen molar-refractivity contribution in [3.05, 3.63) is 89.1 Å². The first kappa shape index (κ1) is 38.7. The van der Waals surface area contributed by atoms with Crippen LogP contribution in [0.15, 0.2) is 66.9 Å². The Hall–Kier alpha value is -6.59. The summed E-state index contributed by atoms with van der Waals surface area (Å²) in [5, 5.41) is 8.83. The van der Waals surface area contributed by atoms with Crippen molar-refractivity contribution in [1.82, 2.24) is 25.5 Å². The van der Waals surface area contributed by atoms with Gasteiger partial charge in [-0.3, -0.25) is 28.9 Å². The number of hydrogen-bond donors (Lipinski definition) is 3. The van der Waals surface area contributed by atoms with Crippen LogP contribution in [0.25, 0.3) is 0 Å². The number of nitrogens with zero attached hydrogens (tertiary/aromatic N) is 5. The predicted molar refractivity (Wildman–Crippen MR) is 207 cm³/mol. The zero-order valence-electron chi connectivity index (χ0n) is 31.7. The molecule has 0 aliphatic carbocycles. The minimum absolute atomic E-state index is 0.0838. The minimum atomic E-state index is -0.487. The zero-order valence-corrected chi connectivity index (χ0v) is 31.7. The van der Waals surface area contributed by atoms with E-state index >= 15 is 0 Å². The molecular weight excluding hydrogens is 736 g/mol. The molecule has 0 bridgehead atoms. The second kappa shape index (κ2) is 17.1. The number of para-hydroxylation sites is 1. The monoisotopic (exact) mass is 778 g/mol. The molecule has 0 saturated carbocycles. The molecule has 57 heavy (non-hydrogen) atoms. The molecule has 17 nitrogen and oxygen atoms in total. The minimum Gasteiger partial charge on any atom is -0.495 e. The molecule has 1 fully saturated rings. The van der Waals surface area contributed by atoms with Crippen LogP contribution in [-0.2, 0) is 14.6 Å². The van der Waals surface area contributed by atoms with Gasteiger partial charge in [0.2, 0.25) is 5.95 Å². The van der Waals surface area contributed by atoms with Gasteiger partial charge in [-0.2, -0.15) is 4.98 Å². The smallest absolute Gasteiger partial charge is 0.265 e. The standard InChI is InChI=1S/C40H42N8O9/c1-46-29-13-5-4-11-26(29)37(51)47(2)30-21-43-40(45-35(30)46)44-28-16-15-24(20-32(28)54-3)36(50)42-18-7-6-17-41-33(49)23-55-31-14-8-12-27-34(31)39(53)48(38(27)52)25-10-9-19-56-57-22-25/h4-5,8,11-16,20-21,25H,6-7,9-10,17-19,22-23H2,1-3H3,(H,41,49)(H,42,50)(H,43,44,45). The summed E-state index contributed by atoms with van der Waals surface area (Å²) >= 11 is 0. The van der Waals surface area contributed by atoms with E-state index in [9.17, 15) is 24.0 Å². The number of rotatable bonds is 13. The fourth-order valence-corrected chi connectivity index (χ4v) is 6.87. The van der Waals surface area contributed by atoms with Crippen LogP contribution < -0.4 is 35.2 Å². The van der Waals surface area contributed by atoms with E-state index in [1.165, 1.54) is 16.9 Å². The first-order valence-corrected chi connectivity index (χ1v) is 18.5. The van der Waals surface area contributed by atoms with Crippen LogP contribution in [0, 0.1) is 0 Å². The highest BCUT2D eigenvalue weighted by Crippen LogP contribution is 2.39. The molecule has 0 radical (unpaired) electrons. The van der Waals surface area contributed by atoms with E-state index in [0.29, 0.717) is 79.4 Å². The van der Waals surface area contributed by atoms with Crippen LogP contribution in [0.5, 0.6) is 11.5 Å². The van der Waals surface area contributed by atoms with Crippen molar-refractivity contribution < 1.29 is 43.2 Å². The predicted octanol–water partition coefficient (Wildman–Crippen LogP) is 4.00. The average Bonchev–Trinajstić information content (AvgIpc) is 3.37. The van der Waals surface area contributed by atoms with Crippen molar-refractivity contribution in [3.8, 4) is 11.5 Å². The van der Waals surface area contributed by atoms with E-state index in [-0.39, 0.29) is 47.9 Å². The van der Waals surface area contributed by atoms with E-state index in [4.69, 9.17) is 24.2 Å². The molecule has 3 N–H and O–H groups in total. The van der Waals surface area contributed by atoms with Gasteiger partial charge in [0.25, 0.3) is 29.5 Å². The van der Waals surface area contributed by atoms with Gasteiger partial charge in [-0.1, -0.05) is 18.2 Å². The number of carbonyl (C=O) groups is 5. The number of carbonyl (C=O) groups excluding carboxylic acids is 5. The van der Waals surface area contributed by atoms with Crippen LogP contribution in [0.1, 0.15) is 67.1 Å². The third-order valence-electron chi connectivity index (χ3n) is 9.89. The molecule has 1 unspecified atom stereocenters. The van der Waals surface area contributed by atoms with Crippen molar-refractivity contribution in [2.45, 2.75) is 31.7 Å². The summed E-state index contributed by atoms with van der Waals surface area (Å²) in [7, 11) is 5.02. The fraction of sp³-hybridized carbons (Fsp3) is 0.325. The molecular formula is C40H42N8O9. The molecule has 296 valence electrons. The third-order valence-corrected chi connectivity index (χ3v) is 9.89. The number of benzene rings is 3. The lowest BCUT2D eigenvalue weighted by molar-refractivity contribution is -0.291. The third kappa shape index (κ3) is 8.06. The Morgan fingerprint density at radius 3 is 2.47 bits per heavy atom. The Bertz CT molecular complexity index is 2210. The summed E-state index contributed by atoms with van der Waals surface area (Å²) in [5.74, 6) is -0.408. The molecule has 17 heteroatoms. The van der Waals surface area contributed by atoms with Gasteiger partial charge >= 0.3 is 0 Å². The molecule has 7 rings (SSSR count). The Labute approximate surface area is 328 Å². The van der Waals surface area contributed by atoms with Gasteiger partial charge in [0, 0.05) is 32.7 Å². The fourth-order valence-electron chi connectivity index (χ4n) is 6.87. The maximum atomic E-state index is 13.3. The van der Waals surface area contributed by atoms with Crippen LogP contribution in [-0.4, -0.2) is 105 Å². The van der Waals surface area contributed by atoms with Crippen LogP contribution in [0.4, 0.5) is 28.8 Å². The van der Waals surface area contributed by atoms with Crippen molar-refractivity contribution in [3.63, 3.8) is 0 Å². The van der Waals surface area contributed by atoms with Crippen molar-refractivity contribution in [2.24, 2.45) is 0 Å². The van der Waals surface area contributed by atoms with Crippen LogP contribution in [0.3, 0.4) is 0 Å². The first-order chi connectivity index (χ1) is 27.7. The lowest BCUT2D eigenvalue weighted by atomic mass is 10.1. The zero-order chi connectivity index (χ0) is 40.1. The normalized spacial score (nSPS) is 16.2. The topological polar surface area (TPSA) is 194 Å². The maximum Gasteiger partial charge on any atom is 0.265 e. The highest BCUT2D eigenvalue weighted by atomic mass is 17.2. The van der Waals surface area contributed by atoms with Gasteiger partial charge < -0.3 is 35.2 Å². The first-order valence-electron chi connectivity index (χ1n) is 18.5. The second-order valence-corrected chi connectivity index (χ2v) is 13.5. The largest absolute Gasteiger partial charge is 0.495 e. The van der Waals surface area contributed by atoms with Gasteiger partial charge in [0.1, 0.15) is 23.8 Å². The highest BCUT2D eigenvalue weighted by Gasteiger charge is 2.42. The van der Waals surface area contributed by atoms with Gasteiger partial charge in [0.15, 0.2) is 12.4 Å². The number of anilines is 5. The Kier molecular flexibility index (Phi) is 11.6. The number of amides is 5. The molecule has 3 aromatic carbocycles. The number of ether oxygens (including phenoxy) is 2. The summed E-state index contributed by atoms with van der Waals surface area (Å²) < 4.78 is 11.3. The number of imide groups is 1. The lowest BCUT2D eigenvalue weighted by Crippen LogP contribution is -2.42. The Morgan fingerprint density at radius 1 is 0.860 bits per heavy atom. The molecule has 1 aromatic heterocycles. The number of methoxy groups -OCH3 is 1. The number of nitrogens with one attached hydrogen (secondary N) is 3. The summed E-state index contributed by atoms with van der Waals surface area (Å²) in [5.41, 5.74) is 3.09. The van der Waals surface area contributed by atoms with E-state index in [1.54, 1.807) is 55.7 Å². The molecule has 3 aliphatic heterocycles. The molecule has 5 amide bonds. The lowest BCUT2D eigenvalue weighted by Gasteiger charge is -2.23. The van der Waals surface area contributed by atoms with Crippen LogP contribution >= 0.6 is 0 Å². The summed E-state index contributed by atoms with van der Waals surface area (Å²) in [6.45, 7) is 0.833. The SMILES string of the molecule is COc1cc(C(=O)NCCCCNC(=O)COc2cccc3c2C(=O)N(C2CCCOOC2)C3=O)ccc1Nc1ncc2c(n1)N(C)c1ccccc1C(=O)N2C. The number of unbranched alkanes of at least 4 members (excludes halogenated alkanes) is 1. The molecule has 1 atom stereocenters. The highest BCUT2D eigenvalue weighted by molar-refractivity contribution is 6.23. The molecule has 0 spiro atoms. The van der Waals surface area contributed by atoms with Crippen molar-refractivity contribution in [2.75, 3.05) is 69.2 Å². The number of hydrogen-bond acceptors (Lipinski definition) is 13. The van der Waals surface area contributed by atoms with Gasteiger partial charge in [-0.05, 0) is 68.1 Å². The van der Waals surface area contributed by atoms with Gasteiger partial charge in [0.05, 0.1) is 54.0 Å². The second-order valence-electron chi connectivity index (χ2n) is 13.5. The molecule has 3 aliphatic rings. The van der Waals surface area contributed by atoms with E-state index in [0.717, 1.165) is 5.69 Å². The van der Waals surface area contributed by atoms with Gasteiger partial charge in [-0.15, -0.1) is 0 Å².